The zero-order chi connectivity index (χ0) is 26.2. The summed E-state index contributed by atoms with van der Waals surface area (Å²) in [5.41, 5.74) is -9.54. The number of aromatic nitrogens is 4. The smallest absolute Gasteiger partial charge is 0.425 e. The lowest BCUT2D eigenvalue weighted by molar-refractivity contribution is 0.0502. The van der Waals surface area contributed by atoms with Crippen molar-refractivity contribution < 1.29 is 29.3 Å². The van der Waals surface area contributed by atoms with E-state index in [0.29, 0.717) is 0 Å². The van der Waals surface area contributed by atoms with E-state index in [2.05, 4.69) is 10.2 Å². The van der Waals surface area contributed by atoms with Gasteiger partial charge in [-0.2, -0.15) is 9.13 Å². The molecule has 0 spiro atoms. The average Bonchev–Trinajstić information content (AvgIpc) is 2.59. The molecule has 2 aromatic heterocycles. The quantitative estimate of drug-likeness (QED) is 0.439. The average molecular weight is 482 g/mol. The molecule has 4 N–H and O–H groups in total. The van der Waals surface area contributed by atoms with Gasteiger partial charge in [-0.3, -0.25) is 19.6 Å². The van der Waals surface area contributed by atoms with Crippen LogP contribution in [-0.2, 0) is 9.47 Å². The summed E-state index contributed by atoms with van der Waals surface area (Å²) in [5, 5.41) is 27.1. The second kappa shape index (κ2) is 8.80. The summed E-state index contributed by atoms with van der Waals surface area (Å²) in [6.45, 7) is 8.88. The Morgan fingerprint density at radius 2 is 1.00 bits per heavy atom. The molecule has 0 atom stereocenters. The minimum atomic E-state index is -1.36. The molecular weight excluding hydrogens is 460 g/mol. The van der Waals surface area contributed by atoms with Gasteiger partial charge in [0.15, 0.2) is 0 Å². The van der Waals surface area contributed by atoms with Crippen LogP contribution in [0.3, 0.4) is 0 Å². The molecule has 0 unspecified atom stereocenters. The highest BCUT2D eigenvalue weighted by atomic mass is 16.6. The Morgan fingerprint density at radius 1 is 0.706 bits per heavy atom. The zero-order valence-electron chi connectivity index (χ0n) is 18.9. The van der Waals surface area contributed by atoms with Crippen molar-refractivity contribution in [2.75, 3.05) is 0 Å². The molecular formula is C18H22N6O10. The van der Waals surface area contributed by atoms with Gasteiger partial charge >= 0.3 is 23.6 Å². The van der Waals surface area contributed by atoms with Crippen LogP contribution in [0.25, 0.3) is 0 Å². The molecule has 2 aromatic rings. The number of rotatable bonds is 2. The first-order chi connectivity index (χ1) is 15.4. The Bertz CT molecular complexity index is 1300. The molecule has 0 saturated heterocycles. The van der Waals surface area contributed by atoms with Gasteiger partial charge in [0.05, 0.1) is 0 Å². The number of nitrogens with zero attached hydrogens (tertiary/aromatic N) is 4. The van der Waals surface area contributed by atoms with Crippen LogP contribution in [0.1, 0.15) is 41.5 Å². The molecule has 2 rings (SSSR count). The van der Waals surface area contributed by atoms with Crippen molar-refractivity contribution in [3.05, 3.63) is 41.7 Å². The first-order valence-corrected chi connectivity index (χ1v) is 9.48. The van der Waals surface area contributed by atoms with Crippen LogP contribution in [0.4, 0.5) is 21.0 Å². The van der Waals surface area contributed by atoms with Crippen molar-refractivity contribution in [2.45, 2.75) is 52.7 Å². The van der Waals surface area contributed by atoms with Crippen LogP contribution in [0.15, 0.2) is 29.4 Å². The normalized spacial score (nSPS) is 12.1. The minimum Gasteiger partial charge on any atom is -0.492 e. The molecule has 0 fully saturated rings. The van der Waals surface area contributed by atoms with Crippen molar-refractivity contribution in [2.24, 2.45) is 10.2 Å². The predicted octanol–water partition coefficient (Wildman–Crippen LogP) is 0.780. The van der Waals surface area contributed by atoms with E-state index in [9.17, 15) is 39.0 Å². The van der Waals surface area contributed by atoms with E-state index in [1.54, 1.807) is 9.97 Å². The van der Waals surface area contributed by atoms with Crippen LogP contribution in [0.2, 0.25) is 0 Å². The minimum absolute atomic E-state index is 0.0483. The third-order valence-electron chi connectivity index (χ3n) is 3.53. The highest BCUT2D eigenvalue weighted by Crippen LogP contribution is 2.26. The summed E-state index contributed by atoms with van der Waals surface area (Å²) >= 11 is 0. The van der Waals surface area contributed by atoms with Gasteiger partial charge in [-0.05, 0) is 41.5 Å². The molecule has 0 aliphatic heterocycles. The maximum absolute atomic E-state index is 12.2. The lowest BCUT2D eigenvalue weighted by atomic mass is 10.2. The van der Waals surface area contributed by atoms with Gasteiger partial charge in [0.1, 0.15) is 11.2 Å². The molecule has 0 aliphatic rings. The first kappa shape index (κ1) is 25.8. The lowest BCUT2D eigenvalue weighted by Crippen LogP contribution is -2.37. The molecule has 34 heavy (non-hydrogen) atoms. The Morgan fingerprint density at radius 3 is 1.26 bits per heavy atom. The Hall–Kier alpha value is -4.50. The van der Waals surface area contributed by atoms with E-state index in [1.807, 2.05) is 0 Å². The van der Waals surface area contributed by atoms with Crippen LogP contribution in [0, 0.1) is 0 Å². The van der Waals surface area contributed by atoms with Crippen molar-refractivity contribution in [1.82, 2.24) is 19.1 Å². The van der Waals surface area contributed by atoms with Gasteiger partial charge in [0.2, 0.25) is 23.1 Å². The highest BCUT2D eigenvalue weighted by molar-refractivity contribution is 5.75. The van der Waals surface area contributed by atoms with E-state index >= 15 is 0 Å². The molecule has 16 nitrogen and oxygen atoms in total. The van der Waals surface area contributed by atoms with Crippen molar-refractivity contribution >= 4 is 23.6 Å². The van der Waals surface area contributed by atoms with Crippen LogP contribution >= 0.6 is 0 Å². The molecule has 0 bridgehead atoms. The number of hydrogen-bond acceptors (Lipinski definition) is 12. The Kier molecular flexibility index (Phi) is 6.66. The third kappa shape index (κ3) is 5.64. The molecule has 16 heteroatoms. The number of hydrogen-bond donors (Lipinski definition) is 4. The maximum atomic E-state index is 12.2. The molecule has 0 aromatic carbocycles. The Balaban J connectivity index is 2.64. The zero-order valence-corrected chi connectivity index (χ0v) is 18.9. The van der Waals surface area contributed by atoms with Gasteiger partial charge < -0.3 is 19.7 Å². The highest BCUT2D eigenvalue weighted by Gasteiger charge is 2.27. The van der Waals surface area contributed by atoms with Crippen LogP contribution in [0.5, 0.6) is 11.8 Å². The standard InChI is InChI=1S/C18H22N6O10/c1-17(2,3)33-15(31)23-11(27)7(9(25)19-13(23)29)21-22-8-10(26)20-14(30)24(12(8)28)16(32)34-18(4,5)6/h27-28H,1-6H3,(H,19,25,29)(H,20,26,30). The monoisotopic (exact) mass is 482 g/mol. The summed E-state index contributed by atoms with van der Waals surface area (Å²) in [6, 6.07) is 0. The topological polar surface area (TPSA) is 227 Å². The van der Waals surface area contributed by atoms with E-state index < -0.39 is 69.0 Å². The largest absolute Gasteiger partial charge is 0.492 e. The fourth-order valence-electron chi connectivity index (χ4n) is 2.27. The fraction of sp³-hybridized carbons (Fsp3) is 0.444. The number of aromatic hydroxyl groups is 2. The second-order valence-corrected chi connectivity index (χ2v) is 8.69. The number of carbonyl (C=O) groups is 2. The second-order valence-electron chi connectivity index (χ2n) is 8.69. The number of carbonyl (C=O) groups excluding carboxylic acids is 2. The lowest BCUT2D eigenvalue weighted by Gasteiger charge is -2.20. The van der Waals surface area contributed by atoms with Crippen molar-refractivity contribution in [1.29, 1.82) is 0 Å². The van der Waals surface area contributed by atoms with Crippen LogP contribution in [-0.4, -0.2) is 52.7 Å². The van der Waals surface area contributed by atoms with Gasteiger partial charge in [-0.1, -0.05) is 0 Å². The van der Waals surface area contributed by atoms with E-state index in [0.717, 1.165) is 0 Å². The number of nitrogens with one attached hydrogen (secondary N) is 2. The number of azo groups is 1. The maximum Gasteiger partial charge on any atom is 0.425 e. The van der Waals surface area contributed by atoms with E-state index in [1.165, 1.54) is 41.5 Å². The van der Waals surface area contributed by atoms with Gasteiger partial charge in [-0.25, -0.2) is 19.2 Å². The van der Waals surface area contributed by atoms with Gasteiger partial charge in [0, 0.05) is 0 Å². The van der Waals surface area contributed by atoms with E-state index in [-0.39, 0.29) is 9.13 Å². The van der Waals surface area contributed by atoms with Crippen LogP contribution < -0.4 is 22.5 Å². The van der Waals surface area contributed by atoms with Crippen molar-refractivity contribution in [3.63, 3.8) is 0 Å². The molecule has 2 heterocycles. The molecule has 0 aliphatic carbocycles. The SMILES string of the molecule is CC(C)(C)OC(=O)n1c(O)c(N=Nc2c(O)n(C(=O)OC(C)(C)C)c(=O)[nH]c2=O)c(=O)[nH]c1=O. The number of aromatic amines is 2. The summed E-state index contributed by atoms with van der Waals surface area (Å²) in [4.78, 5) is 76.0. The number of ether oxygens (including phenoxy) is 2. The molecule has 0 saturated carbocycles. The molecule has 0 radical (unpaired) electrons. The number of H-pyrrole nitrogens is 2. The fourth-order valence-corrected chi connectivity index (χ4v) is 2.27. The summed E-state index contributed by atoms with van der Waals surface area (Å²) < 4.78 is 10.0. The Labute approximate surface area is 189 Å². The summed E-state index contributed by atoms with van der Waals surface area (Å²) in [5.74, 6) is -2.58. The molecule has 184 valence electrons. The summed E-state index contributed by atoms with van der Waals surface area (Å²) in [6.07, 6.45) is -2.72. The molecule has 0 amide bonds. The van der Waals surface area contributed by atoms with Crippen molar-refractivity contribution in [3.8, 4) is 11.8 Å². The predicted molar refractivity (Wildman–Crippen MR) is 113 cm³/mol. The third-order valence-corrected chi connectivity index (χ3v) is 3.53. The van der Waals surface area contributed by atoms with Gasteiger partial charge in [0.25, 0.3) is 11.1 Å². The van der Waals surface area contributed by atoms with Gasteiger partial charge in [-0.15, -0.1) is 10.2 Å². The van der Waals surface area contributed by atoms with E-state index in [4.69, 9.17) is 9.47 Å². The first-order valence-electron chi connectivity index (χ1n) is 9.48. The summed E-state index contributed by atoms with van der Waals surface area (Å²) in [7, 11) is 0.